The SMILES string of the molecule is Cc1cc([C@@H](C)Nc2ccc(Cl)nc2C(=O)O)nc(N2C(=O)OCC2(C)Cc2ccccc2)c1. The predicted octanol–water partition coefficient (Wildman–Crippen LogP) is 5.27. The first kappa shape index (κ1) is 23.5. The van der Waals surface area contributed by atoms with Crippen LogP contribution in [0.25, 0.3) is 0 Å². The second kappa shape index (κ2) is 9.30. The normalized spacial score (nSPS) is 18.5. The van der Waals surface area contributed by atoms with Gasteiger partial charge in [0.25, 0.3) is 0 Å². The molecule has 1 amide bonds. The van der Waals surface area contributed by atoms with Crippen LogP contribution < -0.4 is 10.2 Å². The molecular weight excluding hydrogens is 456 g/mol. The van der Waals surface area contributed by atoms with Crippen molar-refractivity contribution in [3.8, 4) is 0 Å². The molecule has 2 aromatic heterocycles. The van der Waals surface area contributed by atoms with Gasteiger partial charge in [0, 0.05) is 0 Å². The van der Waals surface area contributed by atoms with Gasteiger partial charge in [0.2, 0.25) is 0 Å². The van der Waals surface area contributed by atoms with E-state index in [1.807, 2.05) is 63.2 Å². The largest absolute Gasteiger partial charge is 0.476 e. The number of benzene rings is 1. The van der Waals surface area contributed by atoms with Crippen molar-refractivity contribution in [2.75, 3.05) is 16.8 Å². The molecule has 2 N–H and O–H groups in total. The second-order valence-electron chi connectivity index (χ2n) is 8.68. The van der Waals surface area contributed by atoms with E-state index in [4.69, 9.17) is 21.3 Å². The molecule has 1 aliphatic heterocycles. The van der Waals surface area contributed by atoms with Crippen LogP contribution in [0.1, 0.15) is 47.2 Å². The van der Waals surface area contributed by atoms with Gasteiger partial charge in [-0.05, 0) is 62.6 Å². The lowest BCUT2D eigenvalue weighted by Gasteiger charge is -2.32. The van der Waals surface area contributed by atoms with Crippen LogP contribution in [0.15, 0.2) is 54.6 Å². The smallest absolute Gasteiger partial charge is 0.416 e. The summed E-state index contributed by atoms with van der Waals surface area (Å²) in [6.07, 6.45) is 0.162. The van der Waals surface area contributed by atoms with Gasteiger partial charge < -0.3 is 15.2 Å². The molecule has 9 heteroatoms. The van der Waals surface area contributed by atoms with E-state index in [1.54, 1.807) is 11.0 Å². The molecule has 0 aliphatic carbocycles. The third-order valence-corrected chi connectivity index (χ3v) is 5.95. The molecule has 1 fully saturated rings. The molecule has 176 valence electrons. The zero-order valence-corrected chi connectivity index (χ0v) is 19.8. The van der Waals surface area contributed by atoms with Crippen LogP contribution in [0.4, 0.5) is 16.3 Å². The fourth-order valence-electron chi connectivity index (χ4n) is 4.14. The van der Waals surface area contributed by atoms with Crippen molar-refractivity contribution in [3.63, 3.8) is 0 Å². The average Bonchev–Trinajstić information content (AvgIpc) is 3.08. The number of aromatic carboxylic acids is 1. The molecule has 1 unspecified atom stereocenters. The van der Waals surface area contributed by atoms with Crippen LogP contribution >= 0.6 is 11.6 Å². The molecule has 1 aromatic carbocycles. The zero-order chi connectivity index (χ0) is 24.5. The maximum absolute atomic E-state index is 12.8. The number of nitrogens with zero attached hydrogens (tertiary/aromatic N) is 3. The number of anilines is 2. The summed E-state index contributed by atoms with van der Waals surface area (Å²) in [5.74, 6) is -0.705. The average molecular weight is 481 g/mol. The van der Waals surface area contributed by atoms with Crippen LogP contribution in [0.3, 0.4) is 0 Å². The molecule has 8 nitrogen and oxygen atoms in total. The minimum Gasteiger partial charge on any atom is -0.476 e. The van der Waals surface area contributed by atoms with E-state index in [-0.39, 0.29) is 23.5 Å². The molecule has 1 aliphatic rings. The highest BCUT2D eigenvalue weighted by Gasteiger charge is 2.45. The number of hydrogen-bond donors (Lipinski definition) is 2. The topological polar surface area (TPSA) is 105 Å². The number of aromatic nitrogens is 2. The van der Waals surface area contributed by atoms with Gasteiger partial charge in [-0.3, -0.25) is 4.90 Å². The molecule has 4 rings (SSSR count). The third-order valence-electron chi connectivity index (χ3n) is 5.74. The summed E-state index contributed by atoms with van der Waals surface area (Å²) in [4.78, 5) is 34.6. The molecule has 0 radical (unpaired) electrons. The molecule has 0 bridgehead atoms. The Hall–Kier alpha value is -3.65. The van der Waals surface area contributed by atoms with Crippen molar-refractivity contribution in [3.05, 3.63) is 82.3 Å². The lowest BCUT2D eigenvalue weighted by Crippen LogP contribution is -2.47. The number of carboxylic acids is 1. The van der Waals surface area contributed by atoms with E-state index in [2.05, 4.69) is 10.3 Å². The van der Waals surface area contributed by atoms with E-state index in [9.17, 15) is 14.7 Å². The number of hydrogen-bond acceptors (Lipinski definition) is 6. The first-order valence-corrected chi connectivity index (χ1v) is 11.2. The predicted molar refractivity (Wildman–Crippen MR) is 130 cm³/mol. The molecule has 3 aromatic rings. The Morgan fingerprint density at radius 2 is 1.97 bits per heavy atom. The van der Waals surface area contributed by atoms with Crippen molar-refractivity contribution in [1.29, 1.82) is 0 Å². The van der Waals surface area contributed by atoms with Gasteiger partial charge in [0.05, 0.1) is 23.0 Å². The van der Waals surface area contributed by atoms with Crippen molar-refractivity contribution in [2.45, 2.75) is 38.8 Å². The Balaban J connectivity index is 1.65. The standard InChI is InChI=1S/C25H25ClN4O4/c1-15-11-19(16(2)27-18-9-10-20(26)29-22(18)23(31)32)28-21(12-15)30-24(33)34-14-25(30,3)13-17-7-5-4-6-8-17/h4-12,16,27H,13-14H2,1-3H3,(H,31,32)/t16-,25?/m1/s1. The summed E-state index contributed by atoms with van der Waals surface area (Å²) in [7, 11) is 0. The summed E-state index contributed by atoms with van der Waals surface area (Å²) >= 11 is 5.86. The summed E-state index contributed by atoms with van der Waals surface area (Å²) in [6.45, 7) is 6.01. The number of ether oxygens (including phenoxy) is 1. The molecule has 3 heterocycles. The number of carboxylic acid groups (broad SMARTS) is 1. The van der Waals surface area contributed by atoms with Crippen molar-refractivity contribution in [1.82, 2.24) is 9.97 Å². The molecule has 34 heavy (non-hydrogen) atoms. The van der Waals surface area contributed by atoms with Gasteiger partial charge in [0.1, 0.15) is 17.6 Å². The first-order valence-electron chi connectivity index (χ1n) is 10.8. The highest BCUT2D eigenvalue weighted by molar-refractivity contribution is 6.29. The Bertz CT molecular complexity index is 1240. The highest BCUT2D eigenvalue weighted by Crippen LogP contribution is 2.34. The monoisotopic (exact) mass is 480 g/mol. The van der Waals surface area contributed by atoms with Gasteiger partial charge in [-0.1, -0.05) is 41.9 Å². The molecule has 2 atom stereocenters. The van der Waals surface area contributed by atoms with Gasteiger partial charge in [-0.25, -0.2) is 19.6 Å². The number of carbonyl (C=O) groups is 2. The van der Waals surface area contributed by atoms with E-state index < -0.39 is 17.6 Å². The Morgan fingerprint density at radius 1 is 1.24 bits per heavy atom. The van der Waals surface area contributed by atoms with Crippen LogP contribution in [-0.4, -0.2) is 39.3 Å². The van der Waals surface area contributed by atoms with E-state index in [0.29, 0.717) is 23.6 Å². The lowest BCUT2D eigenvalue weighted by molar-refractivity contribution is 0.0691. The van der Waals surface area contributed by atoms with Crippen molar-refractivity contribution < 1.29 is 19.4 Å². The highest BCUT2D eigenvalue weighted by atomic mass is 35.5. The van der Waals surface area contributed by atoms with E-state index in [0.717, 1.165) is 11.1 Å². The van der Waals surface area contributed by atoms with Crippen LogP contribution in [0.5, 0.6) is 0 Å². The summed E-state index contributed by atoms with van der Waals surface area (Å²) in [5, 5.41) is 12.7. The number of carbonyl (C=O) groups excluding carboxylic acids is 1. The lowest BCUT2D eigenvalue weighted by atomic mass is 9.92. The maximum atomic E-state index is 12.8. The number of pyridine rings is 2. The van der Waals surface area contributed by atoms with Gasteiger partial charge in [-0.15, -0.1) is 0 Å². The minimum atomic E-state index is -1.19. The summed E-state index contributed by atoms with van der Waals surface area (Å²) in [5.41, 5.74) is 2.18. The number of amides is 1. The Kier molecular flexibility index (Phi) is 6.43. The number of aryl methyl sites for hydroxylation is 1. The second-order valence-corrected chi connectivity index (χ2v) is 9.07. The van der Waals surface area contributed by atoms with Crippen molar-refractivity contribution in [2.24, 2.45) is 0 Å². The first-order chi connectivity index (χ1) is 16.2. The maximum Gasteiger partial charge on any atom is 0.416 e. The number of rotatable bonds is 7. The fraction of sp³-hybridized carbons (Fsp3) is 0.280. The summed E-state index contributed by atoms with van der Waals surface area (Å²) in [6, 6.07) is 16.4. The van der Waals surface area contributed by atoms with E-state index >= 15 is 0 Å². The van der Waals surface area contributed by atoms with Crippen molar-refractivity contribution >= 4 is 35.2 Å². The molecule has 0 spiro atoms. The molecule has 0 saturated carbocycles. The van der Waals surface area contributed by atoms with E-state index in [1.165, 1.54) is 6.07 Å². The van der Waals surface area contributed by atoms with Crippen LogP contribution in [0.2, 0.25) is 5.15 Å². The minimum absolute atomic E-state index is 0.0943. The van der Waals surface area contributed by atoms with Crippen LogP contribution in [0, 0.1) is 6.92 Å². The Labute approximate surface area is 202 Å². The Morgan fingerprint density at radius 3 is 2.68 bits per heavy atom. The zero-order valence-electron chi connectivity index (χ0n) is 19.1. The quantitative estimate of drug-likeness (QED) is 0.444. The van der Waals surface area contributed by atoms with Gasteiger partial charge in [-0.2, -0.15) is 0 Å². The van der Waals surface area contributed by atoms with Gasteiger partial charge in [0.15, 0.2) is 5.69 Å². The number of halogens is 1. The third kappa shape index (κ3) is 4.82. The summed E-state index contributed by atoms with van der Waals surface area (Å²) < 4.78 is 5.44. The van der Waals surface area contributed by atoms with Crippen LogP contribution in [-0.2, 0) is 11.2 Å². The molecular formula is C25H25ClN4O4. The molecule has 1 saturated heterocycles. The fourth-order valence-corrected chi connectivity index (χ4v) is 4.28. The van der Waals surface area contributed by atoms with Gasteiger partial charge >= 0.3 is 12.1 Å². The number of nitrogens with one attached hydrogen (secondary N) is 1. The number of cyclic esters (lactones) is 1.